The van der Waals surface area contributed by atoms with Crippen LogP contribution in [0.15, 0.2) is 83.4 Å². The number of halogens is 2. The smallest absolute Gasteiger partial charge is 0.181 e. The van der Waals surface area contributed by atoms with Crippen molar-refractivity contribution in [3.8, 4) is 34.1 Å². The molecule has 3 aromatic rings. The van der Waals surface area contributed by atoms with Crippen LogP contribution in [0.2, 0.25) is 5.02 Å². The number of nitriles is 1. The van der Waals surface area contributed by atoms with Crippen LogP contribution >= 0.6 is 23.2 Å². The van der Waals surface area contributed by atoms with E-state index in [1.807, 2.05) is 36.4 Å². The van der Waals surface area contributed by atoms with Crippen molar-refractivity contribution in [1.29, 1.82) is 5.26 Å². The van der Waals surface area contributed by atoms with Crippen LogP contribution < -0.4 is 4.74 Å². The Morgan fingerprint density at radius 3 is 2.03 bits per heavy atom. The van der Waals surface area contributed by atoms with Gasteiger partial charge in [0, 0.05) is 15.6 Å². The van der Waals surface area contributed by atoms with E-state index in [0.717, 1.165) is 46.0 Å². The van der Waals surface area contributed by atoms with Gasteiger partial charge in [-0.05, 0) is 90.1 Å². The van der Waals surface area contributed by atoms with Crippen LogP contribution in [0.25, 0.3) is 27.8 Å². The average Bonchev–Trinajstić information content (AvgIpc) is 2.92. The van der Waals surface area contributed by atoms with Gasteiger partial charge in [0.05, 0.1) is 0 Å². The topological polar surface area (TPSA) is 33.0 Å². The monoisotopic (exact) mass is 543 g/mol. The van der Waals surface area contributed by atoms with Gasteiger partial charge in [0.1, 0.15) is 11.8 Å². The first-order valence-electron chi connectivity index (χ1n) is 13.4. The van der Waals surface area contributed by atoms with Gasteiger partial charge in [-0.15, -0.1) is 0 Å². The Balaban J connectivity index is 1.48. The average molecular weight is 545 g/mol. The summed E-state index contributed by atoms with van der Waals surface area (Å²) in [6.45, 7) is 8.62. The van der Waals surface area contributed by atoms with Crippen molar-refractivity contribution in [2.24, 2.45) is 11.8 Å². The van der Waals surface area contributed by atoms with Gasteiger partial charge in [-0.1, -0.05) is 104 Å². The van der Waals surface area contributed by atoms with E-state index in [1.165, 1.54) is 29.6 Å². The van der Waals surface area contributed by atoms with Crippen molar-refractivity contribution in [3.63, 3.8) is 0 Å². The second-order valence-corrected chi connectivity index (χ2v) is 11.4. The highest BCUT2D eigenvalue weighted by Gasteiger charge is 2.18. The summed E-state index contributed by atoms with van der Waals surface area (Å²) in [5.41, 5.74) is 8.02. The molecule has 0 aliphatic heterocycles. The number of ether oxygens (including phenoxy) is 1. The number of allylic oxidation sites excluding steroid dienone is 4. The summed E-state index contributed by atoms with van der Waals surface area (Å²) >= 11 is 13.5. The van der Waals surface area contributed by atoms with Crippen molar-refractivity contribution in [1.82, 2.24) is 0 Å². The normalized spacial score (nSPS) is 15.2. The Bertz CT molecular complexity index is 1360. The first-order chi connectivity index (χ1) is 18.2. The molecule has 0 spiro atoms. The van der Waals surface area contributed by atoms with Crippen LogP contribution in [-0.4, -0.2) is 6.10 Å². The number of hydrogen-bond acceptors (Lipinski definition) is 2. The third-order valence-electron chi connectivity index (χ3n) is 7.27. The number of nitrogens with zero attached hydrogens (tertiary/aromatic N) is 1. The quantitative estimate of drug-likeness (QED) is 0.268. The summed E-state index contributed by atoms with van der Waals surface area (Å²) in [5.74, 6) is 1.98. The second-order valence-electron chi connectivity index (χ2n) is 10.6. The number of rotatable bonds is 9. The molecule has 0 fully saturated rings. The van der Waals surface area contributed by atoms with Gasteiger partial charge in [-0.25, -0.2) is 0 Å². The molecule has 0 bridgehead atoms. The molecule has 0 amide bonds. The molecular weight excluding hydrogens is 509 g/mol. The van der Waals surface area contributed by atoms with E-state index in [1.54, 1.807) is 6.92 Å². The maximum atomic E-state index is 8.93. The van der Waals surface area contributed by atoms with Crippen molar-refractivity contribution in [3.05, 3.63) is 94.0 Å². The van der Waals surface area contributed by atoms with Crippen molar-refractivity contribution in [2.75, 3.05) is 0 Å². The van der Waals surface area contributed by atoms with Gasteiger partial charge in [0.15, 0.2) is 6.10 Å². The van der Waals surface area contributed by atoms with Crippen molar-refractivity contribution < 1.29 is 4.74 Å². The molecule has 0 heterocycles. The summed E-state index contributed by atoms with van der Waals surface area (Å²) < 4.78 is 5.55. The first kappa shape index (κ1) is 28.0. The molecule has 0 N–H and O–H groups in total. The lowest BCUT2D eigenvalue weighted by Gasteiger charge is -2.23. The molecule has 1 aliphatic rings. The maximum absolute atomic E-state index is 8.93. The Hall–Kier alpha value is -2.99. The molecule has 2 nitrogen and oxygen atoms in total. The molecule has 0 aromatic heterocycles. The summed E-state index contributed by atoms with van der Waals surface area (Å²) in [4.78, 5) is 0. The van der Waals surface area contributed by atoms with Crippen LogP contribution in [0.1, 0.15) is 58.9 Å². The van der Waals surface area contributed by atoms with E-state index in [-0.39, 0.29) is 0 Å². The lowest BCUT2D eigenvalue weighted by Crippen LogP contribution is -2.07. The Labute approximate surface area is 237 Å². The zero-order valence-corrected chi connectivity index (χ0v) is 24.1. The lowest BCUT2D eigenvalue weighted by atomic mass is 9.84. The lowest BCUT2D eigenvalue weighted by molar-refractivity contribution is 0.276. The van der Waals surface area contributed by atoms with Crippen molar-refractivity contribution >= 4 is 28.8 Å². The molecule has 196 valence electrons. The molecular formula is C34H35Cl2NO. The predicted molar refractivity (Wildman–Crippen MR) is 161 cm³/mol. The van der Waals surface area contributed by atoms with Gasteiger partial charge >= 0.3 is 0 Å². The molecule has 4 heteroatoms. The summed E-state index contributed by atoms with van der Waals surface area (Å²) in [6.07, 6.45) is 6.26. The van der Waals surface area contributed by atoms with Crippen LogP contribution in [0.5, 0.6) is 5.75 Å². The maximum Gasteiger partial charge on any atom is 0.181 e. The molecule has 2 unspecified atom stereocenters. The number of benzene rings is 3. The Morgan fingerprint density at radius 2 is 1.42 bits per heavy atom. The molecule has 0 saturated carbocycles. The highest BCUT2D eigenvalue weighted by molar-refractivity contribution is 6.34. The standard InChI is InChI=1S/C34H35Cl2NO/c1-22(2)5-6-23(3)28-13-17-31(33(35)19-28)26-9-7-25(8-10-26)29-14-18-32(34(36)20-29)27-11-15-30(16-12-27)38-24(4)21-37/h7-12,14-16,18-20,22-24H,5-6,13,17H2,1-4H3. The van der Waals surface area contributed by atoms with Crippen LogP contribution in [0, 0.1) is 23.2 Å². The zero-order valence-electron chi connectivity index (χ0n) is 22.6. The molecule has 4 rings (SSSR count). The van der Waals surface area contributed by atoms with Gasteiger partial charge in [0.25, 0.3) is 0 Å². The second kappa shape index (κ2) is 12.7. The summed E-state index contributed by atoms with van der Waals surface area (Å²) in [6, 6.07) is 24.5. The fraction of sp³-hybridized carbons (Fsp3) is 0.324. The Kier molecular flexibility index (Phi) is 9.37. The predicted octanol–water partition coefficient (Wildman–Crippen LogP) is 10.7. The van der Waals surface area contributed by atoms with Gasteiger partial charge in [0.2, 0.25) is 0 Å². The molecule has 1 aliphatic carbocycles. The van der Waals surface area contributed by atoms with E-state index >= 15 is 0 Å². The molecule has 0 saturated heterocycles. The minimum Gasteiger partial charge on any atom is -0.476 e. The summed E-state index contributed by atoms with van der Waals surface area (Å²) in [7, 11) is 0. The molecule has 38 heavy (non-hydrogen) atoms. The highest BCUT2D eigenvalue weighted by Crippen LogP contribution is 2.38. The van der Waals surface area contributed by atoms with E-state index in [2.05, 4.69) is 63.2 Å². The van der Waals surface area contributed by atoms with Gasteiger partial charge in [-0.2, -0.15) is 5.26 Å². The highest BCUT2D eigenvalue weighted by atomic mass is 35.5. The molecule has 2 atom stereocenters. The van der Waals surface area contributed by atoms with Crippen LogP contribution in [-0.2, 0) is 0 Å². The molecule has 3 aromatic carbocycles. The van der Waals surface area contributed by atoms with E-state index in [4.69, 9.17) is 33.2 Å². The third-order valence-corrected chi connectivity index (χ3v) is 7.92. The largest absolute Gasteiger partial charge is 0.476 e. The third kappa shape index (κ3) is 6.90. The molecule has 0 radical (unpaired) electrons. The van der Waals surface area contributed by atoms with E-state index < -0.39 is 6.10 Å². The van der Waals surface area contributed by atoms with Gasteiger partial charge < -0.3 is 4.74 Å². The minimum atomic E-state index is -0.488. The van der Waals surface area contributed by atoms with E-state index in [0.29, 0.717) is 16.7 Å². The fourth-order valence-electron chi connectivity index (χ4n) is 4.89. The van der Waals surface area contributed by atoms with Crippen LogP contribution in [0.4, 0.5) is 0 Å². The first-order valence-corrected chi connectivity index (χ1v) is 14.2. The number of hydrogen-bond donors (Lipinski definition) is 0. The van der Waals surface area contributed by atoms with Gasteiger partial charge in [-0.3, -0.25) is 0 Å². The van der Waals surface area contributed by atoms with Crippen LogP contribution in [0.3, 0.4) is 0 Å². The van der Waals surface area contributed by atoms with E-state index in [9.17, 15) is 0 Å². The zero-order chi connectivity index (χ0) is 27.2. The minimum absolute atomic E-state index is 0.488. The fourth-order valence-corrected chi connectivity index (χ4v) is 5.52. The Morgan fingerprint density at radius 1 is 0.789 bits per heavy atom. The van der Waals surface area contributed by atoms with Crippen molar-refractivity contribution in [2.45, 2.75) is 59.5 Å². The SMILES string of the molecule is CC(C)CCC(C)C1=CC(Cl)=C(c2ccc(-c3ccc(-c4ccc(OC(C)C#N)cc4)c(Cl)c3)cc2)CC1. The summed E-state index contributed by atoms with van der Waals surface area (Å²) in [5, 5.41) is 10.5.